The largest absolute Gasteiger partial charge is 0.355 e. The fourth-order valence-corrected chi connectivity index (χ4v) is 2.52. The summed E-state index contributed by atoms with van der Waals surface area (Å²) in [5, 5.41) is 0. The first-order valence-electron chi connectivity index (χ1n) is 6.61. The summed E-state index contributed by atoms with van der Waals surface area (Å²) in [5.41, 5.74) is 0.647. The quantitative estimate of drug-likeness (QED) is 0.848. The molecule has 1 aliphatic rings. The summed E-state index contributed by atoms with van der Waals surface area (Å²) in [6, 6.07) is 6.84. The lowest BCUT2D eigenvalue weighted by Crippen LogP contribution is -2.19. The molecule has 0 unspecified atom stereocenters. The number of anilines is 1. The highest BCUT2D eigenvalue weighted by molar-refractivity contribution is 9.10. The average molecular weight is 336 g/mol. The van der Waals surface area contributed by atoms with Crippen LogP contribution in [-0.4, -0.2) is 17.0 Å². The molecule has 2 aromatic rings. The molecule has 0 spiro atoms. The smallest absolute Gasteiger partial charge is 0.133 e. The Balaban J connectivity index is 1.80. The zero-order valence-electron chi connectivity index (χ0n) is 11.2. The molecule has 3 rings (SSSR count). The Labute approximate surface area is 126 Å². The van der Waals surface area contributed by atoms with Crippen LogP contribution in [0.5, 0.6) is 0 Å². The molecule has 104 valence electrons. The van der Waals surface area contributed by atoms with Gasteiger partial charge in [-0.2, -0.15) is 0 Å². The van der Waals surface area contributed by atoms with Crippen LogP contribution >= 0.6 is 15.9 Å². The molecule has 0 atom stereocenters. The van der Waals surface area contributed by atoms with Crippen LogP contribution in [0.2, 0.25) is 0 Å². The number of benzene rings is 1. The second kappa shape index (κ2) is 5.48. The second-order valence-electron chi connectivity index (χ2n) is 5.14. The molecule has 3 nitrogen and oxygen atoms in total. The number of nitrogens with zero attached hydrogens (tertiary/aromatic N) is 3. The van der Waals surface area contributed by atoms with Crippen LogP contribution < -0.4 is 4.90 Å². The van der Waals surface area contributed by atoms with E-state index in [-0.39, 0.29) is 5.82 Å². The summed E-state index contributed by atoms with van der Waals surface area (Å²) in [4.78, 5) is 10.8. The number of rotatable bonds is 4. The van der Waals surface area contributed by atoms with Crippen molar-refractivity contribution in [1.29, 1.82) is 0 Å². The number of hydrogen-bond donors (Lipinski definition) is 0. The van der Waals surface area contributed by atoms with E-state index in [1.165, 1.54) is 18.9 Å². The van der Waals surface area contributed by atoms with Crippen LogP contribution in [0.1, 0.15) is 30.1 Å². The molecular formula is C15H15BrFN3. The van der Waals surface area contributed by atoms with Crippen molar-refractivity contribution in [3.8, 4) is 0 Å². The van der Waals surface area contributed by atoms with Crippen LogP contribution in [0.25, 0.3) is 0 Å². The van der Waals surface area contributed by atoms with Gasteiger partial charge in [-0.05, 0) is 37.1 Å². The minimum atomic E-state index is -0.198. The van der Waals surface area contributed by atoms with Gasteiger partial charge in [-0.1, -0.05) is 15.9 Å². The molecule has 1 fully saturated rings. The maximum atomic E-state index is 13.8. The molecule has 0 saturated heterocycles. The first-order valence-corrected chi connectivity index (χ1v) is 7.41. The SMILES string of the molecule is CN(Cc1cc(Br)ccc1F)c1ccnc(C2CC2)n1. The molecule has 0 aliphatic heterocycles. The molecule has 1 saturated carbocycles. The third-order valence-corrected chi connectivity index (χ3v) is 3.90. The summed E-state index contributed by atoms with van der Waals surface area (Å²) in [6.45, 7) is 0.479. The molecule has 1 aliphatic carbocycles. The minimum Gasteiger partial charge on any atom is -0.355 e. The fraction of sp³-hybridized carbons (Fsp3) is 0.333. The number of halogens is 2. The maximum Gasteiger partial charge on any atom is 0.133 e. The van der Waals surface area contributed by atoms with E-state index in [1.54, 1.807) is 18.3 Å². The lowest BCUT2D eigenvalue weighted by molar-refractivity contribution is 0.607. The molecule has 1 aromatic carbocycles. The molecule has 0 radical (unpaired) electrons. The Morgan fingerprint density at radius 1 is 1.35 bits per heavy atom. The zero-order valence-corrected chi connectivity index (χ0v) is 12.8. The molecular weight excluding hydrogens is 321 g/mol. The van der Waals surface area contributed by atoms with E-state index in [2.05, 4.69) is 25.9 Å². The Morgan fingerprint density at radius 3 is 2.90 bits per heavy atom. The van der Waals surface area contributed by atoms with Gasteiger partial charge in [0.05, 0.1) is 0 Å². The lowest BCUT2D eigenvalue weighted by Gasteiger charge is -2.19. The standard InChI is InChI=1S/C15H15BrFN3/c1-20(9-11-8-12(16)4-5-13(11)17)14-6-7-18-15(19-14)10-2-3-10/h4-8,10H,2-3,9H2,1H3. The van der Waals surface area contributed by atoms with Crippen molar-refractivity contribution < 1.29 is 4.39 Å². The maximum absolute atomic E-state index is 13.8. The van der Waals surface area contributed by atoms with Crippen molar-refractivity contribution in [1.82, 2.24) is 9.97 Å². The van der Waals surface area contributed by atoms with Crippen molar-refractivity contribution >= 4 is 21.7 Å². The van der Waals surface area contributed by atoms with Gasteiger partial charge >= 0.3 is 0 Å². The molecule has 5 heteroatoms. The summed E-state index contributed by atoms with van der Waals surface area (Å²) < 4.78 is 14.7. The Bertz CT molecular complexity index is 628. The van der Waals surface area contributed by atoms with Gasteiger partial charge in [-0.3, -0.25) is 0 Å². The van der Waals surface area contributed by atoms with E-state index in [0.717, 1.165) is 16.1 Å². The van der Waals surface area contributed by atoms with Crippen LogP contribution in [0.4, 0.5) is 10.2 Å². The monoisotopic (exact) mass is 335 g/mol. The van der Waals surface area contributed by atoms with Crippen molar-refractivity contribution in [2.45, 2.75) is 25.3 Å². The third-order valence-electron chi connectivity index (χ3n) is 3.41. The fourth-order valence-electron chi connectivity index (χ4n) is 2.12. The topological polar surface area (TPSA) is 29.0 Å². The Morgan fingerprint density at radius 2 is 2.15 bits per heavy atom. The minimum absolute atomic E-state index is 0.198. The van der Waals surface area contributed by atoms with E-state index in [9.17, 15) is 4.39 Å². The highest BCUT2D eigenvalue weighted by Crippen LogP contribution is 2.38. The molecule has 0 amide bonds. The second-order valence-corrected chi connectivity index (χ2v) is 6.05. The summed E-state index contributed by atoms with van der Waals surface area (Å²) in [5.74, 6) is 2.06. The van der Waals surface area contributed by atoms with Gasteiger partial charge in [0, 0.05) is 35.7 Å². The highest BCUT2D eigenvalue weighted by atomic mass is 79.9. The van der Waals surface area contributed by atoms with Crippen LogP contribution in [0, 0.1) is 5.82 Å². The van der Waals surface area contributed by atoms with Gasteiger partial charge < -0.3 is 4.90 Å². The van der Waals surface area contributed by atoms with Gasteiger partial charge in [0.25, 0.3) is 0 Å². The van der Waals surface area contributed by atoms with Crippen molar-refractivity contribution in [2.75, 3.05) is 11.9 Å². The Kier molecular flexibility index (Phi) is 3.70. The predicted octanol–water partition coefficient (Wildman–Crippen LogP) is 3.89. The van der Waals surface area contributed by atoms with E-state index in [0.29, 0.717) is 18.0 Å². The predicted molar refractivity (Wildman–Crippen MR) is 80.2 cm³/mol. The van der Waals surface area contributed by atoms with E-state index in [1.807, 2.05) is 18.0 Å². The highest BCUT2D eigenvalue weighted by Gasteiger charge is 2.26. The number of hydrogen-bond acceptors (Lipinski definition) is 3. The Hall–Kier alpha value is -1.49. The zero-order chi connectivity index (χ0) is 14.1. The van der Waals surface area contributed by atoms with Crippen molar-refractivity contribution in [3.63, 3.8) is 0 Å². The third kappa shape index (κ3) is 2.98. The van der Waals surface area contributed by atoms with E-state index >= 15 is 0 Å². The molecule has 1 heterocycles. The van der Waals surface area contributed by atoms with Gasteiger partial charge in [0.15, 0.2) is 0 Å². The molecule has 20 heavy (non-hydrogen) atoms. The van der Waals surface area contributed by atoms with E-state index < -0.39 is 0 Å². The van der Waals surface area contributed by atoms with Gasteiger partial charge in [0.2, 0.25) is 0 Å². The van der Waals surface area contributed by atoms with Gasteiger partial charge in [0.1, 0.15) is 17.5 Å². The lowest BCUT2D eigenvalue weighted by atomic mass is 10.2. The van der Waals surface area contributed by atoms with Gasteiger partial charge in [-0.25, -0.2) is 14.4 Å². The van der Waals surface area contributed by atoms with Crippen LogP contribution in [-0.2, 0) is 6.54 Å². The molecule has 0 bridgehead atoms. The van der Waals surface area contributed by atoms with Crippen molar-refractivity contribution in [2.24, 2.45) is 0 Å². The first-order chi connectivity index (χ1) is 9.63. The summed E-state index contributed by atoms with van der Waals surface area (Å²) in [6.07, 6.45) is 4.13. The van der Waals surface area contributed by atoms with Crippen LogP contribution in [0.15, 0.2) is 34.9 Å². The van der Waals surface area contributed by atoms with E-state index in [4.69, 9.17) is 0 Å². The molecule has 0 N–H and O–H groups in total. The van der Waals surface area contributed by atoms with Crippen LogP contribution in [0.3, 0.4) is 0 Å². The summed E-state index contributed by atoms with van der Waals surface area (Å²) >= 11 is 3.37. The molecule has 1 aromatic heterocycles. The normalized spacial score (nSPS) is 14.3. The number of aromatic nitrogens is 2. The average Bonchev–Trinajstić information content (AvgIpc) is 3.27. The summed E-state index contributed by atoms with van der Waals surface area (Å²) in [7, 11) is 1.92. The first kappa shape index (κ1) is 13.5. The van der Waals surface area contributed by atoms with Crippen molar-refractivity contribution in [3.05, 3.63) is 52.1 Å². The van der Waals surface area contributed by atoms with Gasteiger partial charge in [-0.15, -0.1) is 0 Å².